The summed E-state index contributed by atoms with van der Waals surface area (Å²) in [6.07, 6.45) is 114. The van der Waals surface area contributed by atoms with Crippen molar-refractivity contribution in [3.63, 3.8) is 0 Å². The minimum Gasteiger partial charge on any atom is -0.462 e. The molecule has 0 aromatic carbocycles. The van der Waals surface area contributed by atoms with E-state index in [-0.39, 0.29) is 25.2 Å². The quantitative estimate of drug-likeness (QED) is 0.0373. The molecule has 0 spiro atoms. The Morgan fingerprint density at radius 2 is 0.494 bits per heavy atom. The van der Waals surface area contributed by atoms with Crippen molar-refractivity contribution in [3.05, 3.63) is 134 Å². The number of allylic oxidation sites excluding steroid dienone is 22. The molecule has 0 heterocycles. The predicted molar refractivity (Wildman–Crippen MR) is 385 cm³/mol. The van der Waals surface area contributed by atoms with Crippen LogP contribution in [0, 0.1) is 0 Å². The molecule has 1 N–H and O–H groups in total. The Morgan fingerprint density at radius 1 is 0.276 bits per heavy atom. The van der Waals surface area contributed by atoms with Crippen LogP contribution in [0.1, 0.15) is 354 Å². The van der Waals surface area contributed by atoms with Crippen LogP contribution in [0.15, 0.2) is 134 Å². The molecule has 0 aliphatic rings. The van der Waals surface area contributed by atoms with E-state index in [2.05, 4.69) is 148 Å². The Balaban J connectivity index is 3.53. The molecule has 0 aromatic rings. The van der Waals surface area contributed by atoms with Crippen molar-refractivity contribution in [2.75, 3.05) is 13.2 Å². The van der Waals surface area contributed by atoms with Gasteiger partial charge in [-0.15, -0.1) is 0 Å². The van der Waals surface area contributed by atoms with Gasteiger partial charge in [0.2, 0.25) is 0 Å². The van der Waals surface area contributed by atoms with Gasteiger partial charge in [-0.25, -0.2) is 0 Å². The minimum absolute atomic E-state index is 0.0734. The number of carbonyl (C=O) groups excluding carboxylic acids is 2. The van der Waals surface area contributed by atoms with Gasteiger partial charge in [0.05, 0.1) is 6.61 Å². The number of carbonyl (C=O) groups is 2. The lowest BCUT2D eigenvalue weighted by atomic mass is 10.0. The summed E-state index contributed by atoms with van der Waals surface area (Å²) in [5, 5.41) is 9.71. The van der Waals surface area contributed by atoms with Crippen molar-refractivity contribution in [3.8, 4) is 0 Å². The molecule has 5 heteroatoms. The van der Waals surface area contributed by atoms with E-state index in [1.165, 1.54) is 212 Å². The molecule has 0 saturated carbocycles. The van der Waals surface area contributed by atoms with E-state index >= 15 is 0 Å². The van der Waals surface area contributed by atoms with Crippen LogP contribution in [0.25, 0.3) is 0 Å². The van der Waals surface area contributed by atoms with Gasteiger partial charge in [0, 0.05) is 12.8 Å². The number of aliphatic hydroxyl groups excluding tert-OH is 1. The molecule has 0 radical (unpaired) electrons. The Morgan fingerprint density at radius 3 is 0.747 bits per heavy atom. The van der Waals surface area contributed by atoms with Crippen LogP contribution in [-0.2, 0) is 19.1 Å². The van der Waals surface area contributed by atoms with E-state index < -0.39 is 6.10 Å². The molecule has 0 aliphatic carbocycles. The third-order valence-corrected chi connectivity index (χ3v) is 16.2. The number of rotatable bonds is 68. The van der Waals surface area contributed by atoms with Gasteiger partial charge in [-0.1, -0.05) is 379 Å². The van der Waals surface area contributed by atoms with Crippen LogP contribution in [0.3, 0.4) is 0 Å². The Hall–Kier alpha value is -3.96. The molecule has 0 amide bonds. The maximum atomic E-state index is 12.4. The molecule has 0 bridgehead atoms. The Kier molecular flexibility index (Phi) is 72.8. The van der Waals surface area contributed by atoms with Gasteiger partial charge < -0.3 is 14.6 Å². The molecule has 0 aliphatic heterocycles. The number of esters is 2. The lowest BCUT2D eigenvalue weighted by Crippen LogP contribution is -2.28. The Bertz CT molecular complexity index is 1750. The number of aliphatic hydroxyl groups is 1. The summed E-state index contributed by atoms with van der Waals surface area (Å²) in [6, 6.07) is 0. The average Bonchev–Trinajstić information content (AvgIpc) is 3.53. The van der Waals surface area contributed by atoms with Gasteiger partial charge >= 0.3 is 11.9 Å². The van der Waals surface area contributed by atoms with Crippen molar-refractivity contribution >= 4 is 11.9 Å². The maximum Gasteiger partial charge on any atom is 0.306 e. The van der Waals surface area contributed by atoms with Crippen molar-refractivity contribution in [1.29, 1.82) is 0 Å². The minimum atomic E-state index is -0.787. The molecule has 0 aromatic heterocycles. The first kappa shape index (κ1) is 83.0. The molecule has 1 unspecified atom stereocenters. The monoisotopic (exact) mass is 1210 g/mol. The molecule has 5 nitrogen and oxygen atoms in total. The van der Waals surface area contributed by atoms with Crippen LogP contribution >= 0.6 is 0 Å². The van der Waals surface area contributed by atoms with Crippen LogP contribution in [0.4, 0.5) is 0 Å². The van der Waals surface area contributed by atoms with Crippen molar-refractivity contribution in [2.45, 2.75) is 360 Å². The van der Waals surface area contributed by atoms with Crippen LogP contribution in [-0.4, -0.2) is 36.4 Å². The normalized spacial score (nSPS) is 13.0. The first-order valence-electron chi connectivity index (χ1n) is 37.2. The third kappa shape index (κ3) is 74.4. The predicted octanol–water partition coefficient (Wildman–Crippen LogP) is 26.3. The molecular weight excluding hydrogens is 1060 g/mol. The molecule has 0 fully saturated rings. The van der Waals surface area contributed by atoms with Crippen LogP contribution < -0.4 is 0 Å². The van der Waals surface area contributed by atoms with E-state index in [9.17, 15) is 14.7 Å². The number of hydrogen-bond donors (Lipinski definition) is 1. The summed E-state index contributed by atoms with van der Waals surface area (Å²) < 4.78 is 10.8. The standard InChI is InChI=1S/C82H140O5/c1-3-5-7-9-11-13-15-17-19-21-23-25-27-29-31-33-35-37-38-39-40-41-42-43-44-45-47-49-51-53-55-57-59-61-63-65-67-69-71-73-75-77-82(85)87-80(78-83)79-86-81(84)76-74-72-70-68-66-64-62-60-58-56-54-52-50-48-46-36-34-32-30-28-26-24-22-20-18-16-14-12-10-8-6-4-2/h5,7,11,13,17,19,23,25,29,31,35,37,39-40,42-43,45,47,51,53,57,59,80,83H,3-4,6,8-10,12,14-16,18,20-22,24,26-28,30,32-34,36,38,41,44,46,48-50,52,54-56,58,60-79H2,1-2H3/b7-5-,13-11-,19-17-,25-23-,31-29-,37-35-,40-39-,43-42-,47-45-,53-51-,59-57-. The second-order valence-corrected chi connectivity index (χ2v) is 24.7. The number of ether oxygens (including phenoxy) is 2. The third-order valence-electron chi connectivity index (χ3n) is 16.2. The second kappa shape index (κ2) is 76.3. The fraction of sp³-hybridized carbons (Fsp3) is 0.707. The molecule has 0 saturated heterocycles. The van der Waals surface area contributed by atoms with E-state index in [0.717, 1.165) is 116 Å². The lowest BCUT2D eigenvalue weighted by molar-refractivity contribution is -0.161. The first-order valence-corrected chi connectivity index (χ1v) is 37.2. The number of hydrogen-bond acceptors (Lipinski definition) is 5. The Labute approximate surface area is 540 Å². The molecule has 0 rings (SSSR count). The highest BCUT2D eigenvalue weighted by molar-refractivity contribution is 5.70. The van der Waals surface area contributed by atoms with Gasteiger partial charge in [0.25, 0.3) is 0 Å². The smallest absolute Gasteiger partial charge is 0.306 e. The summed E-state index contributed by atoms with van der Waals surface area (Å²) in [6.45, 7) is 4.05. The van der Waals surface area contributed by atoms with E-state index in [4.69, 9.17) is 9.47 Å². The zero-order valence-electron chi connectivity index (χ0n) is 57.3. The van der Waals surface area contributed by atoms with E-state index in [1.807, 2.05) is 0 Å². The van der Waals surface area contributed by atoms with Gasteiger partial charge in [-0.3, -0.25) is 9.59 Å². The topological polar surface area (TPSA) is 72.8 Å². The average molecular weight is 1210 g/mol. The highest BCUT2D eigenvalue weighted by atomic mass is 16.6. The lowest BCUT2D eigenvalue weighted by Gasteiger charge is -2.15. The fourth-order valence-corrected chi connectivity index (χ4v) is 10.7. The number of unbranched alkanes of at least 4 members (excludes halogenated alkanes) is 38. The molecular formula is C82H140O5. The van der Waals surface area contributed by atoms with E-state index in [0.29, 0.717) is 12.8 Å². The molecule has 87 heavy (non-hydrogen) atoms. The summed E-state index contributed by atoms with van der Waals surface area (Å²) in [5.74, 6) is -0.596. The van der Waals surface area contributed by atoms with Gasteiger partial charge in [0.15, 0.2) is 6.10 Å². The first-order chi connectivity index (χ1) is 43.1. The SMILES string of the molecule is CC/C=C\C/C=C\C/C=C\C/C=C\C/C=C\C/C=C\C/C=C\C/C=C\C/C=C\C/C=C\C/C=C\CCCCCCCCCC(=O)OC(CO)COC(=O)CCCCCCCCCCCCCCCCCCCCCCCCCCCCCCCCCC. The zero-order chi connectivity index (χ0) is 62.6. The van der Waals surface area contributed by atoms with Crippen molar-refractivity contribution in [2.24, 2.45) is 0 Å². The highest BCUT2D eigenvalue weighted by Gasteiger charge is 2.16. The second-order valence-electron chi connectivity index (χ2n) is 24.7. The van der Waals surface area contributed by atoms with Crippen molar-refractivity contribution in [1.82, 2.24) is 0 Å². The largest absolute Gasteiger partial charge is 0.462 e. The summed E-state index contributed by atoms with van der Waals surface area (Å²) in [5.41, 5.74) is 0. The van der Waals surface area contributed by atoms with Gasteiger partial charge in [-0.05, 0) is 96.3 Å². The molecule has 1 atom stereocenters. The van der Waals surface area contributed by atoms with E-state index in [1.54, 1.807) is 0 Å². The summed E-state index contributed by atoms with van der Waals surface area (Å²) in [7, 11) is 0. The van der Waals surface area contributed by atoms with Crippen LogP contribution in [0.2, 0.25) is 0 Å². The zero-order valence-corrected chi connectivity index (χ0v) is 57.3. The highest BCUT2D eigenvalue weighted by Crippen LogP contribution is 2.18. The molecule has 498 valence electrons. The van der Waals surface area contributed by atoms with Gasteiger partial charge in [-0.2, -0.15) is 0 Å². The maximum absolute atomic E-state index is 12.4. The van der Waals surface area contributed by atoms with Gasteiger partial charge in [0.1, 0.15) is 6.61 Å². The van der Waals surface area contributed by atoms with Crippen molar-refractivity contribution < 1.29 is 24.2 Å². The van der Waals surface area contributed by atoms with Crippen LogP contribution in [0.5, 0.6) is 0 Å². The fourth-order valence-electron chi connectivity index (χ4n) is 10.7. The summed E-state index contributed by atoms with van der Waals surface area (Å²) in [4.78, 5) is 24.7. The summed E-state index contributed by atoms with van der Waals surface area (Å²) >= 11 is 0.